The molecule has 2 aromatic carbocycles. The molecule has 2 nitrogen and oxygen atoms in total. The maximum absolute atomic E-state index is 6.33. The fraction of sp³-hybridized carbons (Fsp3) is 0.533. The first-order chi connectivity index (χ1) is 15.6. The average molecular weight is 431 g/mol. The lowest BCUT2D eigenvalue weighted by Crippen LogP contribution is -2.40. The van der Waals surface area contributed by atoms with Crippen LogP contribution in [0, 0.1) is 17.3 Å². The highest BCUT2D eigenvalue weighted by Crippen LogP contribution is 2.63. The number of benzene rings is 2. The van der Waals surface area contributed by atoms with Crippen LogP contribution in [0.3, 0.4) is 0 Å². The van der Waals surface area contributed by atoms with Crippen LogP contribution in [0.4, 0.5) is 0 Å². The van der Waals surface area contributed by atoms with Crippen LogP contribution in [0.5, 0.6) is 5.75 Å². The van der Waals surface area contributed by atoms with Gasteiger partial charge in [-0.15, -0.1) is 0 Å². The van der Waals surface area contributed by atoms with Gasteiger partial charge < -0.3 is 9.47 Å². The Morgan fingerprint density at radius 1 is 1.06 bits per heavy atom. The molecule has 0 radical (unpaired) electrons. The Bertz CT molecular complexity index is 976. The molecule has 2 fully saturated rings. The number of aryl methyl sites for hydroxylation is 2. The third-order valence-electron chi connectivity index (χ3n) is 8.87. The third kappa shape index (κ3) is 3.81. The number of fused-ring (bicyclic) bond motifs is 5. The smallest absolute Gasteiger partial charge is 0.123 e. The second-order valence-electron chi connectivity index (χ2n) is 10.4. The minimum Gasteiger partial charge on any atom is -0.489 e. The van der Waals surface area contributed by atoms with Gasteiger partial charge in [-0.05, 0) is 96.4 Å². The summed E-state index contributed by atoms with van der Waals surface area (Å²) in [6.07, 6.45) is 11.2. The maximum atomic E-state index is 6.33. The van der Waals surface area contributed by atoms with Crippen LogP contribution < -0.4 is 4.74 Å². The van der Waals surface area contributed by atoms with E-state index in [2.05, 4.69) is 62.4 Å². The SMILES string of the molecule is CCc1cc2c(cc1OCc1ccccc1)CCC1C2CCC2(C)/C(=C/COC)CCC12. The van der Waals surface area contributed by atoms with E-state index in [4.69, 9.17) is 9.47 Å². The lowest BCUT2D eigenvalue weighted by Gasteiger charge is -2.49. The molecule has 3 aliphatic carbocycles. The summed E-state index contributed by atoms with van der Waals surface area (Å²) >= 11 is 0. The summed E-state index contributed by atoms with van der Waals surface area (Å²) in [5, 5.41) is 0. The first-order valence-corrected chi connectivity index (χ1v) is 12.6. The van der Waals surface area contributed by atoms with Crippen LogP contribution in [0.25, 0.3) is 0 Å². The van der Waals surface area contributed by atoms with E-state index in [0.717, 1.165) is 36.5 Å². The molecule has 0 spiro atoms. The third-order valence-corrected chi connectivity index (χ3v) is 8.87. The number of hydrogen-bond donors (Lipinski definition) is 0. The van der Waals surface area contributed by atoms with Gasteiger partial charge in [-0.2, -0.15) is 0 Å². The van der Waals surface area contributed by atoms with Gasteiger partial charge in [0.25, 0.3) is 0 Å². The van der Waals surface area contributed by atoms with Crippen molar-refractivity contribution in [3.8, 4) is 5.75 Å². The molecule has 4 unspecified atom stereocenters. The summed E-state index contributed by atoms with van der Waals surface area (Å²) in [6.45, 7) is 6.23. The topological polar surface area (TPSA) is 18.5 Å². The molecule has 0 aromatic heterocycles. The van der Waals surface area contributed by atoms with Crippen molar-refractivity contribution in [2.24, 2.45) is 17.3 Å². The zero-order chi connectivity index (χ0) is 22.1. The number of allylic oxidation sites excluding steroid dienone is 1. The van der Waals surface area contributed by atoms with Gasteiger partial charge >= 0.3 is 0 Å². The number of ether oxygens (including phenoxy) is 2. The summed E-state index contributed by atoms with van der Waals surface area (Å²) < 4.78 is 11.7. The molecule has 2 heteroatoms. The molecule has 3 aliphatic rings. The van der Waals surface area contributed by atoms with Gasteiger partial charge in [0.1, 0.15) is 12.4 Å². The summed E-state index contributed by atoms with van der Waals surface area (Å²) in [5.74, 6) is 3.49. The first kappa shape index (κ1) is 21.8. The molecular formula is C30H38O2. The Balaban J connectivity index is 1.39. The summed E-state index contributed by atoms with van der Waals surface area (Å²) in [5.41, 5.74) is 7.86. The van der Waals surface area contributed by atoms with E-state index in [-0.39, 0.29) is 0 Å². The molecule has 4 atom stereocenters. The molecule has 2 aromatic rings. The quantitative estimate of drug-likeness (QED) is 0.449. The minimum absolute atomic E-state index is 0.392. The van der Waals surface area contributed by atoms with Gasteiger partial charge in [0, 0.05) is 7.11 Å². The summed E-state index contributed by atoms with van der Waals surface area (Å²) in [6, 6.07) is 15.4. The predicted molar refractivity (Wildman–Crippen MR) is 131 cm³/mol. The predicted octanol–water partition coefficient (Wildman–Crippen LogP) is 7.26. The number of hydrogen-bond acceptors (Lipinski definition) is 2. The second-order valence-corrected chi connectivity index (χ2v) is 10.4. The van der Waals surface area contributed by atoms with E-state index >= 15 is 0 Å². The van der Waals surface area contributed by atoms with Crippen LogP contribution in [0.1, 0.15) is 74.1 Å². The molecular weight excluding hydrogens is 392 g/mol. The fourth-order valence-corrected chi connectivity index (χ4v) is 7.16. The van der Waals surface area contributed by atoms with Gasteiger partial charge in [0.15, 0.2) is 0 Å². The fourth-order valence-electron chi connectivity index (χ4n) is 7.16. The Morgan fingerprint density at radius 3 is 2.69 bits per heavy atom. The van der Waals surface area contributed by atoms with E-state index < -0.39 is 0 Å². The van der Waals surface area contributed by atoms with E-state index in [0.29, 0.717) is 12.0 Å². The van der Waals surface area contributed by atoms with Crippen molar-refractivity contribution < 1.29 is 9.47 Å². The molecule has 0 heterocycles. The lowest BCUT2D eigenvalue weighted by atomic mass is 9.55. The highest BCUT2D eigenvalue weighted by molar-refractivity contribution is 5.47. The van der Waals surface area contributed by atoms with Crippen LogP contribution >= 0.6 is 0 Å². The monoisotopic (exact) mass is 430 g/mol. The van der Waals surface area contributed by atoms with Gasteiger partial charge in [0.2, 0.25) is 0 Å². The Labute approximate surface area is 194 Å². The van der Waals surface area contributed by atoms with Gasteiger partial charge in [-0.3, -0.25) is 0 Å². The molecule has 0 amide bonds. The zero-order valence-electron chi connectivity index (χ0n) is 20.0. The van der Waals surface area contributed by atoms with Gasteiger partial charge in [0.05, 0.1) is 6.61 Å². The van der Waals surface area contributed by atoms with Crippen LogP contribution in [-0.2, 0) is 24.2 Å². The lowest BCUT2D eigenvalue weighted by molar-refractivity contribution is 0.0807. The largest absolute Gasteiger partial charge is 0.489 e. The van der Waals surface area contributed by atoms with Crippen LogP contribution in [0.2, 0.25) is 0 Å². The Hall–Kier alpha value is -2.06. The Morgan fingerprint density at radius 2 is 1.91 bits per heavy atom. The number of rotatable bonds is 6. The van der Waals surface area contributed by atoms with Crippen molar-refractivity contribution in [1.82, 2.24) is 0 Å². The molecule has 0 bridgehead atoms. The Kier molecular flexibility index (Phi) is 6.16. The molecule has 0 aliphatic heterocycles. The highest BCUT2D eigenvalue weighted by Gasteiger charge is 2.52. The number of methoxy groups -OCH3 is 1. The van der Waals surface area contributed by atoms with Crippen molar-refractivity contribution in [2.45, 2.75) is 71.3 Å². The average Bonchev–Trinajstić information content (AvgIpc) is 3.17. The molecule has 5 rings (SSSR count). The van der Waals surface area contributed by atoms with Crippen LogP contribution in [-0.4, -0.2) is 13.7 Å². The van der Waals surface area contributed by atoms with Crippen molar-refractivity contribution in [2.75, 3.05) is 13.7 Å². The van der Waals surface area contributed by atoms with E-state index in [9.17, 15) is 0 Å². The molecule has 2 saturated carbocycles. The standard InChI is InChI=1S/C30H38O2/c1-4-22-18-27-23(19-29(22)32-20-21-8-6-5-7-9-21)10-12-26-25(27)14-16-30(2)24(15-17-31-3)11-13-28(26)30/h5-9,15,18-19,25-26,28H,4,10-14,16-17,20H2,1-3H3/b24-15+. The molecule has 170 valence electrons. The van der Waals surface area contributed by atoms with Gasteiger partial charge in [-0.1, -0.05) is 61.9 Å². The van der Waals surface area contributed by atoms with E-state index in [1.807, 2.05) is 7.11 Å². The van der Waals surface area contributed by atoms with Gasteiger partial charge in [-0.25, -0.2) is 0 Å². The molecule has 0 saturated heterocycles. The van der Waals surface area contributed by atoms with Crippen molar-refractivity contribution >= 4 is 0 Å². The van der Waals surface area contributed by atoms with Crippen molar-refractivity contribution in [1.29, 1.82) is 0 Å². The molecule has 0 N–H and O–H groups in total. The normalized spacial score (nSPS) is 30.0. The first-order valence-electron chi connectivity index (χ1n) is 12.6. The van der Waals surface area contributed by atoms with E-state index in [1.54, 1.807) is 16.7 Å². The highest BCUT2D eigenvalue weighted by atomic mass is 16.5. The second kappa shape index (κ2) is 9.06. The van der Waals surface area contributed by atoms with Crippen LogP contribution in [0.15, 0.2) is 54.1 Å². The minimum atomic E-state index is 0.392. The maximum Gasteiger partial charge on any atom is 0.123 e. The summed E-state index contributed by atoms with van der Waals surface area (Å²) in [7, 11) is 1.81. The zero-order valence-corrected chi connectivity index (χ0v) is 20.0. The van der Waals surface area contributed by atoms with Crippen molar-refractivity contribution in [3.05, 3.63) is 76.4 Å². The molecule has 32 heavy (non-hydrogen) atoms. The van der Waals surface area contributed by atoms with E-state index in [1.165, 1.54) is 49.7 Å². The summed E-state index contributed by atoms with van der Waals surface area (Å²) in [4.78, 5) is 0. The van der Waals surface area contributed by atoms with Crippen molar-refractivity contribution in [3.63, 3.8) is 0 Å².